The lowest BCUT2D eigenvalue weighted by Gasteiger charge is -2.10. The molecule has 1 fully saturated rings. The van der Waals surface area contributed by atoms with Gasteiger partial charge in [0, 0.05) is 12.5 Å². The summed E-state index contributed by atoms with van der Waals surface area (Å²) in [6.07, 6.45) is 12.1. The van der Waals surface area contributed by atoms with E-state index in [1.165, 1.54) is 6.26 Å². The van der Waals surface area contributed by atoms with Gasteiger partial charge in [0.2, 0.25) is 0 Å². The van der Waals surface area contributed by atoms with Crippen molar-refractivity contribution in [2.75, 3.05) is 0 Å². The Morgan fingerprint density at radius 1 is 1.32 bits per heavy atom. The fourth-order valence-electron chi connectivity index (χ4n) is 2.84. The molecule has 0 amide bonds. The number of rotatable bonds is 10. The third-order valence-corrected chi connectivity index (χ3v) is 4.92. The number of hydrogen-bond donors (Lipinski definition) is 2. The smallest absolute Gasteiger partial charge is 0.303 e. The lowest BCUT2D eigenvalue weighted by atomic mass is 10.1. The first-order chi connectivity index (χ1) is 12.1. The molecule has 0 spiro atoms. The fraction of sp³-hybridized carbons (Fsp3) is 0.421. The summed E-state index contributed by atoms with van der Waals surface area (Å²) in [4.78, 5) is 10.4. The summed E-state index contributed by atoms with van der Waals surface area (Å²) >= 11 is -1.54. The van der Waals surface area contributed by atoms with Gasteiger partial charge in [0.05, 0.1) is 0 Å². The summed E-state index contributed by atoms with van der Waals surface area (Å²) < 4.78 is 20.1. The van der Waals surface area contributed by atoms with Crippen LogP contribution >= 0.6 is 0 Å². The third-order valence-electron chi connectivity index (χ3n) is 4.11. The number of hydrogen-bond acceptors (Lipinski definition) is 3. The highest BCUT2D eigenvalue weighted by atomic mass is 32.2. The molecule has 0 radical (unpaired) electrons. The second-order valence-electron chi connectivity index (χ2n) is 6.15. The van der Waals surface area contributed by atoms with Crippen molar-refractivity contribution < 1.29 is 18.3 Å². The second-order valence-corrected chi connectivity index (χ2v) is 7.04. The maximum Gasteiger partial charge on any atom is 0.303 e. The zero-order valence-corrected chi connectivity index (χ0v) is 15.0. The summed E-state index contributed by atoms with van der Waals surface area (Å²) in [5.41, 5.74) is 0.994. The summed E-state index contributed by atoms with van der Waals surface area (Å²) in [5.74, 6) is -0.290. The highest BCUT2D eigenvalue weighted by Crippen LogP contribution is 2.27. The van der Waals surface area contributed by atoms with E-state index in [0.29, 0.717) is 12.3 Å². The highest BCUT2D eigenvalue weighted by Gasteiger charge is 2.24. The summed E-state index contributed by atoms with van der Waals surface area (Å²) in [7, 11) is 0. The van der Waals surface area contributed by atoms with Crippen LogP contribution in [0.15, 0.2) is 48.7 Å². The molecular formula is C19H25NO4S. The minimum Gasteiger partial charge on any atom is -0.481 e. The Balaban J connectivity index is 1.63. The number of benzene rings is 1. The molecule has 0 saturated heterocycles. The maximum absolute atomic E-state index is 11.9. The van der Waals surface area contributed by atoms with Crippen LogP contribution in [-0.4, -0.2) is 21.3 Å². The molecule has 1 aliphatic rings. The molecule has 0 bridgehead atoms. The molecule has 136 valence electrons. The fourth-order valence-corrected chi connectivity index (χ4v) is 3.54. The Labute approximate surface area is 151 Å². The van der Waals surface area contributed by atoms with Crippen LogP contribution in [0, 0.1) is 5.92 Å². The molecule has 0 aliphatic heterocycles. The first-order valence-corrected chi connectivity index (χ1v) is 9.66. The average molecular weight is 363 g/mol. The van der Waals surface area contributed by atoms with Gasteiger partial charge in [0.15, 0.2) is 0 Å². The Kier molecular flexibility index (Phi) is 8.42. The van der Waals surface area contributed by atoms with Crippen molar-refractivity contribution in [3.8, 4) is 0 Å². The van der Waals surface area contributed by atoms with Crippen LogP contribution < -0.4 is 4.72 Å². The van der Waals surface area contributed by atoms with E-state index in [0.717, 1.165) is 31.2 Å². The molecule has 1 saturated carbocycles. The molecular weight excluding hydrogens is 338 g/mol. The van der Waals surface area contributed by atoms with E-state index in [2.05, 4.69) is 16.9 Å². The van der Waals surface area contributed by atoms with Crippen LogP contribution in [0.25, 0.3) is 6.08 Å². The molecule has 2 unspecified atom stereocenters. The van der Waals surface area contributed by atoms with Gasteiger partial charge in [0.1, 0.15) is 6.26 Å². The zero-order chi connectivity index (χ0) is 17.9. The molecule has 2 N–H and O–H groups in total. The van der Waals surface area contributed by atoms with Gasteiger partial charge in [-0.25, -0.2) is 4.72 Å². The normalized spacial score (nSPS) is 21.8. The van der Waals surface area contributed by atoms with Crippen molar-refractivity contribution in [3.05, 3.63) is 54.3 Å². The number of unbranched alkanes of at least 4 members (excludes halogenated alkanes) is 1. The number of carboxylic acids is 1. The molecule has 1 aromatic rings. The van der Waals surface area contributed by atoms with Gasteiger partial charge in [-0.15, -0.1) is 0 Å². The first kappa shape index (κ1) is 19.4. The maximum atomic E-state index is 11.9. The van der Waals surface area contributed by atoms with Crippen LogP contribution in [0.3, 0.4) is 0 Å². The Morgan fingerprint density at radius 2 is 2.12 bits per heavy atom. The van der Waals surface area contributed by atoms with E-state index < -0.39 is 17.2 Å². The zero-order valence-electron chi connectivity index (χ0n) is 14.2. The van der Waals surface area contributed by atoms with E-state index in [9.17, 15) is 9.00 Å². The number of aliphatic carboxylic acids is 1. The van der Waals surface area contributed by atoms with Gasteiger partial charge in [-0.2, -0.15) is 4.21 Å². The Morgan fingerprint density at radius 3 is 2.88 bits per heavy atom. The van der Waals surface area contributed by atoms with Gasteiger partial charge in [-0.05, 0) is 49.7 Å². The standard InChI is InChI=1S/C19H25NO4S/c21-19(22)10-6-2-5-9-17-11-12-18(15-17)20-25(23)24-14-13-16-7-3-1-4-8-16/h1,3-5,7-9,13-14,17-18,20H,2,6,10-12,15H2,(H,21,22)/t17-,18?,25?/m0/s1. The molecule has 1 aliphatic carbocycles. The molecule has 5 nitrogen and oxygen atoms in total. The molecule has 25 heavy (non-hydrogen) atoms. The molecule has 3 atom stereocenters. The van der Waals surface area contributed by atoms with E-state index in [4.69, 9.17) is 9.29 Å². The number of nitrogens with one attached hydrogen (secondary N) is 1. The summed E-state index contributed by atoms with van der Waals surface area (Å²) in [5, 5.41) is 8.59. The van der Waals surface area contributed by atoms with Crippen LogP contribution in [-0.2, 0) is 20.2 Å². The average Bonchev–Trinajstić information content (AvgIpc) is 3.02. The quantitative estimate of drug-likeness (QED) is 0.376. The van der Waals surface area contributed by atoms with Gasteiger partial charge < -0.3 is 9.29 Å². The molecule has 2 rings (SSSR count). The summed E-state index contributed by atoms with van der Waals surface area (Å²) in [6, 6.07) is 9.88. The molecule has 0 aromatic heterocycles. The van der Waals surface area contributed by atoms with Crippen LogP contribution in [0.5, 0.6) is 0 Å². The van der Waals surface area contributed by atoms with Gasteiger partial charge in [0.25, 0.3) is 11.3 Å². The van der Waals surface area contributed by atoms with Crippen molar-refractivity contribution in [1.82, 2.24) is 4.72 Å². The van der Waals surface area contributed by atoms with Crippen molar-refractivity contribution in [2.24, 2.45) is 5.92 Å². The van der Waals surface area contributed by atoms with E-state index in [1.54, 1.807) is 6.08 Å². The third kappa shape index (κ3) is 8.14. The lowest BCUT2D eigenvalue weighted by Crippen LogP contribution is -2.28. The van der Waals surface area contributed by atoms with Gasteiger partial charge >= 0.3 is 5.97 Å². The number of carboxylic acid groups (broad SMARTS) is 1. The highest BCUT2D eigenvalue weighted by molar-refractivity contribution is 7.78. The molecule has 6 heteroatoms. The van der Waals surface area contributed by atoms with Crippen molar-refractivity contribution >= 4 is 23.3 Å². The second kappa shape index (κ2) is 10.8. The molecule has 0 heterocycles. The topological polar surface area (TPSA) is 75.6 Å². The van der Waals surface area contributed by atoms with Crippen LogP contribution in [0.1, 0.15) is 44.1 Å². The van der Waals surface area contributed by atoms with Crippen molar-refractivity contribution in [1.29, 1.82) is 0 Å². The van der Waals surface area contributed by atoms with E-state index in [1.807, 2.05) is 30.3 Å². The van der Waals surface area contributed by atoms with Gasteiger partial charge in [-0.1, -0.05) is 42.5 Å². The van der Waals surface area contributed by atoms with Crippen molar-refractivity contribution in [2.45, 2.75) is 44.6 Å². The van der Waals surface area contributed by atoms with E-state index in [-0.39, 0.29) is 12.5 Å². The largest absolute Gasteiger partial charge is 0.481 e. The van der Waals surface area contributed by atoms with Crippen molar-refractivity contribution in [3.63, 3.8) is 0 Å². The Bertz CT molecular complexity index is 615. The van der Waals surface area contributed by atoms with Crippen LogP contribution in [0.2, 0.25) is 0 Å². The first-order valence-electron chi connectivity index (χ1n) is 8.58. The number of allylic oxidation sites excluding steroid dienone is 2. The lowest BCUT2D eigenvalue weighted by molar-refractivity contribution is -0.137. The Hall–Kier alpha value is -1.92. The summed E-state index contributed by atoms with van der Waals surface area (Å²) in [6.45, 7) is 0. The minimum atomic E-state index is -1.54. The predicted molar refractivity (Wildman–Crippen MR) is 99.6 cm³/mol. The van der Waals surface area contributed by atoms with E-state index >= 15 is 0 Å². The van der Waals surface area contributed by atoms with Gasteiger partial charge in [-0.3, -0.25) is 4.79 Å². The number of carbonyl (C=O) groups is 1. The van der Waals surface area contributed by atoms with Crippen LogP contribution in [0.4, 0.5) is 0 Å². The molecule has 1 aromatic carbocycles. The predicted octanol–water partition coefficient (Wildman–Crippen LogP) is 3.82. The SMILES string of the molecule is O=C(O)CCCC=C[C@H]1CCC(NS(=O)OC=Cc2ccccc2)C1. The monoisotopic (exact) mass is 363 g/mol. The minimum absolute atomic E-state index is 0.180.